The topological polar surface area (TPSA) is 82.1 Å². The quantitative estimate of drug-likeness (QED) is 0.548. The summed E-state index contributed by atoms with van der Waals surface area (Å²) in [6.45, 7) is 2.74. The molecule has 0 aliphatic heterocycles. The summed E-state index contributed by atoms with van der Waals surface area (Å²) in [6, 6.07) is 8.58. The van der Waals surface area contributed by atoms with Gasteiger partial charge in [-0.15, -0.1) is 0 Å². The van der Waals surface area contributed by atoms with E-state index in [1.165, 1.54) is 44.6 Å². The molecule has 2 rings (SSSR count). The van der Waals surface area contributed by atoms with Crippen molar-refractivity contribution >= 4 is 44.9 Å². The van der Waals surface area contributed by atoms with Gasteiger partial charge in [-0.25, -0.2) is 8.42 Å². The second-order valence-electron chi connectivity index (χ2n) is 6.16. The van der Waals surface area contributed by atoms with Crippen molar-refractivity contribution in [2.24, 2.45) is 0 Å². The Balaban J connectivity index is 2.65. The van der Waals surface area contributed by atoms with Crippen LogP contribution in [0.1, 0.15) is 13.8 Å². The normalized spacial score (nSPS) is 11.3. The molecule has 29 heavy (non-hydrogen) atoms. The lowest BCUT2D eigenvalue weighted by molar-refractivity contribution is -0.145. The summed E-state index contributed by atoms with van der Waals surface area (Å²) in [5.74, 6) is -0.100. The van der Waals surface area contributed by atoms with Crippen molar-refractivity contribution in [3.8, 4) is 11.5 Å². The van der Waals surface area contributed by atoms with E-state index in [4.69, 9.17) is 37.4 Å². The number of nitrogens with zero attached hydrogens (tertiary/aromatic N) is 1. The molecular weight excluding hydrogens is 441 g/mol. The number of sulfonamides is 1. The third-order valence-corrected chi connectivity index (χ3v) is 6.23. The zero-order chi connectivity index (χ0) is 21.8. The number of benzene rings is 2. The average molecular weight is 462 g/mol. The van der Waals surface area contributed by atoms with Crippen molar-refractivity contribution in [2.75, 3.05) is 25.1 Å². The lowest BCUT2D eigenvalue weighted by Crippen LogP contribution is -2.37. The number of esters is 1. The lowest BCUT2D eigenvalue weighted by Gasteiger charge is -2.26. The molecule has 0 heterocycles. The number of hydrogen-bond acceptors (Lipinski definition) is 6. The van der Waals surface area contributed by atoms with Crippen molar-refractivity contribution in [3.05, 3.63) is 46.4 Å². The van der Waals surface area contributed by atoms with Crippen LogP contribution in [0.5, 0.6) is 11.5 Å². The Hall–Kier alpha value is -2.16. The van der Waals surface area contributed by atoms with E-state index < -0.39 is 28.6 Å². The van der Waals surface area contributed by atoms with Gasteiger partial charge in [0.1, 0.15) is 22.9 Å². The van der Waals surface area contributed by atoms with E-state index in [-0.39, 0.29) is 26.4 Å². The summed E-state index contributed by atoms with van der Waals surface area (Å²) in [7, 11) is -1.45. The Labute approximate surface area is 180 Å². The fourth-order valence-electron chi connectivity index (χ4n) is 2.50. The molecule has 2 aromatic rings. The molecule has 0 radical (unpaired) electrons. The average Bonchev–Trinajstić information content (AvgIpc) is 2.66. The van der Waals surface area contributed by atoms with Crippen LogP contribution in [0.3, 0.4) is 0 Å². The van der Waals surface area contributed by atoms with Gasteiger partial charge in [-0.3, -0.25) is 9.10 Å². The van der Waals surface area contributed by atoms with Gasteiger partial charge < -0.3 is 14.2 Å². The van der Waals surface area contributed by atoms with E-state index in [9.17, 15) is 13.2 Å². The maximum absolute atomic E-state index is 13.4. The number of hydrogen-bond donors (Lipinski definition) is 0. The highest BCUT2D eigenvalue weighted by atomic mass is 35.5. The van der Waals surface area contributed by atoms with E-state index >= 15 is 0 Å². The summed E-state index contributed by atoms with van der Waals surface area (Å²) in [4.78, 5) is 12.1. The van der Waals surface area contributed by atoms with Crippen LogP contribution < -0.4 is 13.8 Å². The van der Waals surface area contributed by atoms with Crippen molar-refractivity contribution < 1.29 is 27.4 Å². The first kappa shape index (κ1) is 23.1. The molecule has 0 N–H and O–H groups in total. The van der Waals surface area contributed by atoms with Crippen LogP contribution >= 0.6 is 23.2 Å². The lowest BCUT2D eigenvalue weighted by atomic mass is 10.2. The molecule has 0 fully saturated rings. The number of rotatable bonds is 8. The molecular formula is C19H21Cl2NO6S. The number of carbonyl (C=O) groups is 1. The highest BCUT2D eigenvalue weighted by molar-refractivity contribution is 7.93. The second kappa shape index (κ2) is 9.56. The number of halogens is 2. The number of carbonyl (C=O) groups excluding carboxylic acids is 1. The molecule has 0 spiro atoms. The van der Waals surface area contributed by atoms with Gasteiger partial charge in [-0.05, 0) is 44.2 Å². The van der Waals surface area contributed by atoms with Crippen LogP contribution in [0.15, 0.2) is 41.3 Å². The summed E-state index contributed by atoms with van der Waals surface area (Å²) in [5, 5.41) is 0.142. The van der Waals surface area contributed by atoms with Gasteiger partial charge in [0.15, 0.2) is 0 Å². The van der Waals surface area contributed by atoms with Crippen molar-refractivity contribution in [2.45, 2.75) is 24.8 Å². The van der Waals surface area contributed by atoms with Gasteiger partial charge in [0.2, 0.25) is 0 Å². The van der Waals surface area contributed by atoms with Crippen LogP contribution in [-0.2, 0) is 19.6 Å². The van der Waals surface area contributed by atoms with Gasteiger partial charge in [-0.1, -0.05) is 23.2 Å². The first-order chi connectivity index (χ1) is 13.6. The number of ether oxygens (including phenoxy) is 3. The molecule has 0 saturated carbocycles. The Morgan fingerprint density at radius 2 is 1.76 bits per heavy atom. The van der Waals surface area contributed by atoms with Crippen LogP contribution in [0, 0.1) is 0 Å². The summed E-state index contributed by atoms with van der Waals surface area (Å²) >= 11 is 12.1. The Morgan fingerprint density at radius 1 is 1.07 bits per heavy atom. The minimum absolute atomic E-state index is 0.0379. The van der Waals surface area contributed by atoms with Crippen LogP contribution in [0.4, 0.5) is 5.69 Å². The monoisotopic (exact) mass is 461 g/mol. The van der Waals surface area contributed by atoms with Gasteiger partial charge in [-0.2, -0.15) is 0 Å². The van der Waals surface area contributed by atoms with Crippen molar-refractivity contribution in [3.63, 3.8) is 0 Å². The molecule has 0 bridgehead atoms. The largest absolute Gasteiger partial charge is 0.497 e. The van der Waals surface area contributed by atoms with Crippen LogP contribution in [0.2, 0.25) is 10.0 Å². The van der Waals surface area contributed by atoms with Gasteiger partial charge in [0, 0.05) is 11.1 Å². The van der Waals surface area contributed by atoms with Gasteiger partial charge in [0.05, 0.1) is 31.0 Å². The third kappa shape index (κ3) is 5.46. The van der Waals surface area contributed by atoms with E-state index in [1.807, 2.05) is 0 Å². The standard InChI is InChI=1S/C19H21Cl2NO6S/c1-12(2)28-19(23)11-22(16-8-6-14(26-3)10-17(16)27-4)29(24,25)18-9-13(20)5-7-15(18)21/h5-10,12H,11H2,1-4H3. The smallest absolute Gasteiger partial charge is 0.327 e. The molecule has 2 aromatic carbocycles. The fraction of sp³-hybridized carbons (Fsp3) is 0.316. The SMILES string of the molecule is COc1ccc(N(CC(=O)OC(C)C)S(=O)(=O)c2cc(Cl)ccc2Cl)c(OC)c1. The minimum Gasteiger partial charge on any atom is -0.497 e. The highest BCUT2D eigenvalue weighted by Crippen LogP contribution is 2.37. The van der Waals surface area contributed by atoms with Crippen molar-refractivity contribution in [1.29, 1.82) is 0 Å². The molecule has 0 amide bonds. The molecule has 158 valence electrons. The van der Waals surface area contributed by atoms with E-state index in [0.29, 0.717) is 5.75 Å². The zero-order valence-electron chi connectivity index (χ0n) is 16.3. The van der Waals surface area contributed by atoms with Crippen molar-refractivity contribution in [1.82, 2.24) is 0 Å². The summed E-state index contributed by atoms with van der Waals surface area (Å²) in [6.07, 6.45) is -0.417. The second-order valence-corrected chi connectivity index (χ2v) is 8.84. The zero-order valence-corrected chi connectivity index (χ0v) is 18.6. The maximum Gasteiger partial charge on any atom is 0.327 e. The van der Waals surface area contributed by atoms with Gasteiger partial charge >= 0.3 is 5.97 Å². The molecule has 0 aromatic heterocycles. The molecule has 0 saturated heterocycles. The first-order valence-corrected chi connectivity index (χ1v) is 10.7. The predicted octanol–water partition coefficient (Wildman–Crippen LogP) is 4.16. The Kier molecular flexibility index (Phi) is 7.62. The van der Waals surface area contributed by atoms with Crippen LogP contribution in [0.25, 0.3) is 0 Å². The van der Waals surface area contributed by atoms with E-state index in [1.54, 1.807) is 19.9 Å². The highest BCUT2D eigenvalue weighted by Gasteiger charge is 2.32. The number of anilines is 1. The third-order valence-electron chi connectivity index (χ3n) is 3.76. The fourth-order valence-corrected chi connectivity index (χ4v) is 4.66. The first-order valence-electron chi connectivity index (χ1n) is 8.49. The summed E-state index contributed by atoms with van der Waals surface area (Å²) in [5.41, 5.74) is 0.116. The molecule has 0 unspecified atom stereocenters. The van der Waals surface area contributed by atoms with Gasteiger partial charge in [0.25, 0.3) is 10.0 Å². The maximum atomic E-state index is 13.4. The molecule has 0 aliphatic rings. The van der Waals surface area contributed by atoms with E-state index in [0.717, 1.165) is 4.31 Å². The van der Waals surface area contributed by atoms with E-state index in [2.05, 4.69) is 0 Å². The Morgan fingerprint density at radius 3 is 2.34 bits per heavy atom. The summed E-state index contributed by atoms with van der Waals surface area (Å²) < 4.78 is 43.4. The Bertz CT molecular complexity index is 994. The molecule has 0 aliphatic carbocycles. The molecule has 10 heteroatoms. The number of methoxy groups -OCH3 is 2. The molecule has 7 nitrogen and oxygen atoms in total. The predicted molar refractivity (Wildman–Crippen MR) is 112 cm³/mol. The molecule has 0 atom stereocenters. The minimum atomic E-state index is -4.30. The van der Waals surface area contributed by atoms with Crippen LogP contribution in [-0.4, -0.2) is 41.3 Å².